The van der Waals surface area contributed by atoms with Crippen LogP contribution in [0.25, 0.3) is 0 Å². The van der Waals surface area contributed by atoms with Crippen LogP contribution in [-0.4, -0.2) is 66.0 Å². The van der Waals surface area contributed by atoms with E-state index in [0.717, 1.165) is 38.5 Å². The molecule has 0 aromatic rings. The van der Waals surface area contributed by atoms with E-state index in [1.807, 2.05) is 0 Å². The summed E-state index contributed by atoms with van der Waals surface area (Å²) in [4.78, 5) is 62.2. The first kappa shape index (κ1) is 57.1. The summed E-state index contributed by atoms with van der Waals surface area (Å²) in [6.45, 7) is 8.79. The van der Waals surface area contributed by atoms with Crippen molar-refractivity contribution in [1.29, 1.82) is 0 Å². The second-order valence-corrected chi connectivity index (χ2v) is 18.0. The number of carboxylic acid groups (broad SMARTS) is 1. The molecule has 0 radical (unpaired) electrons. The van der Waals surface area contributed by atoms with E-state index in [0.29, 0.717) is 12.8 Å². The van der Waals surface area contributed by atoms with Crippen LogP contribution in [0.2, 0.25) is 0 Å². The highest BCUT2D eigenvalue weighted by Crippen LogP contribution is 2.16. The summed E-state index contributed by atoms with van der Waals surface area (Å²) in [5.41, 5.74) is -0.840. The molecule has 11 heteroatoms. The third-order valence-electron chi connectivity index (χ3n) is 10.7. The molecule has 60 heavy (non-hydrogen) atoms. The lowest BCUT2D eigenvalue weighted by molar-refractivity contribution is -0.167. The zero-order chi connectivity index (χ0) is 44.5. The van der Waals surface area contributed by atoms with E-state index in [9.17, 15) is 29.1 Å². The van der Waals surface area contributed by atoms with Crippen LogP contribution in [-0.2, 0) is 38.1 Å². The van der Waals surface area contributed by atoms with Crippen molar-refractivity contribution in [3.05, 3.63) is 0 Å². The lowest BCUT2D eigenvalue weighted by Gasteiger charge is -2.23. The van der Waals surface area contributed by atoms with Gasteiger partial charge in [0.1, 0.15) is 24.9 Å². The number of esters is 3. The summed E-state index contributed by atoms with van der Waals surface area (Å²) in [6.07, 6.45) is 34.5. The Kier molecular flexibility index (Phi) is 38.3. The number of unbranched alkanes of at least 4 members (excludes halogenated alkanes) is 28. The Balaban J connectivity index is 4.73. The molecule has 11 nitrogen and oxygen atoms in total. The Hall–Kier alpha value is -2.85. The maximum Gasteiger partial charge on any atom is 0.408 e. The summed E-state index contributed by atoms with van der Waals surface area (Å²) in [5, 5.41) is 11.6. The second-order valence-electron chi connectivity index (χ2n) is 18.0. The molecule has 0 saturated carbocycles. The lowest BCUT2D eigenvalue weighted by atomic mass is 10.0. The molecule has 0 rings (SSSR count). The van der Waals surface area contributed by atoms with E-state index in [1.165, 1.54) is 141 Å². The smallest absolute Gasteiger partial charge is 0.408 e. The maximum absolute atomic E-state index is 13.0. The first-order valence-corrected chi connectivity index (χ1v) is 24.6. The number of carbonyl (C=O) groups is 5. The highest BCUT2D eigenvalue weighted by Gasteiger charge is 2.28. The van der Waals surface area contributed by atoms with Crippen LogP contribution in [0.1, 0.15) is 253 Å². The van der Waals surface area contributed by atoms with E-state index in [2.05, 4.69) is 19.2 Å². The fourth-order valence-electron chi connectivity index (χ4n) is 7.14. The molecule has 0 aliphatic carbocycles. The zero-order valence-corrected chi connectivity index (χ0v) is 39.2. The summed E-state index contributed by atoms with van der Waals surface area (Å²) >= 11 is 0. The SMILES string of the molecule is CCCCCCCCCCCCCCCCCC(=O)OCC(COC(=O)C(CCC(=O)O)NC(=O)OC(C)(C)C)OC(=O)CCCCCCCCCCCCCCCCC. The monoisotopic (exact) mass is 854 g/mol. The average molecular weight is 854 g/mol. The number of carboxylic acids is 1. The number of aliphatic carboxylic acids is 1. The van der Waals surface area contributed by atoms with Gasteiger partial charge in [-0.1, -0.05) is 194 Å². The van der Waals surface area contributed by atoms with Crippen molar-refractivity contribution in [2.24, 2.45) is 0 Å². The van der Waals surface area contributed by atoms with Gasteiger partial charge < -0.3 is 29.4 Å². The molecule has 0 aromatic heterocycles. The van der Waals surface area contributed by atoms with E-state index >= 15 is 0 Å². The quantitative estimate of drug-likeness (QED) is 0.0344. The second kappa shape index (κ2) is 40.2. The van der Waals surface area contributed by atoms with Crippen molar-refractivity contribution in [2.45, 2.75) is 271 Å². The third kappa shape index (κ3) is 40.6. The van der Waals surface area contributed by atoms with E-state index in [1.54, 1.807) is 20.8 Å². The fourth-order valence-corrected chi connectivity index (χ4v) is 7.14. The van der Waals surface area contributed by atoms with E-state index < -0.39 is 60.7 Å². The first-order chi connectivity index (χ1) is 28.9. The number of hydrogen-bond donors (Lipinski definition) is 2. The minimum atomic E-state index is -1.31. The number of hydrogen-bond acceptors (Lipinski definition) is 9. The van der Waals surface area contributed by atoms with Gasteiger partial charge in [-0.25, -0.2) is 9.59 Å². The molecule has 0 aliphatic rings. The van der Waals surface area contributed by atoms with Crippen molar-refractivity contribution in [3.8, 4) is 0 Å². The largest absolute Gasteiger partial charge is 0.481 e. The van der Waals surface area contributed by atoms with Crippen molar-refractivity contribution in [3.63, 3.8) is 0 Å². The van der Waals surface area contributed by atoms with Gasteiger partial charge in [0, 0.05) is 19.3 Å². The minimum absolute atomic E-state index is 0.192. The zero-order valence-electron chi connectivity index (χ0n) is 39.2. The lowest BCUT2D eigenvalue weighted by Crippen LogP contribution is -2.45. The van der Waals surface area contributed by atoms with Gasteiger partial charge in [0.05, 0.1) is 0 Å². The van der Waals surface area contributed by atoms with Gasteiger partial charge in [-0.2, -0.15) is 0 Å². The maximum atomic E-state index is 13.0. The number of nitrogens with one attached hydrogen (secondary N) is 1. The number of rotatable bonds is 42. The number of ether oxygens (including phenoxy) is 4. The molecular formula is C49H91NO10. The first-order valence-electron chi connectivity index (χ1n) is 24.6. The van der Waals surface area contributed by atoms with Crippen LogP contribution in [0.3, 0.4) is 0 Å². The molecule has 2 atom stereocenters. The fraction of sp³-hybridized carbons (Fsp3) is 0.898. The molecule has 352 valence electrons. The Labute approximate surface area is 366 Å². The third-order valence-corrected chi connectivity index (χ3v) is 10.7. The normalized spacial score (nSPS) is 12.4. The van der Waals surface area contributed by atoms with Crippen molar-refractivity contribution >= 4 is 30.0 Å². The summed E-state index contributed by atoms with van der Waals surface area (Å²) in [6, 6.07) is -1.31. The topological polar surface area (TPSA) is 155 Å². The van der Waals surface area contributed by atoms with Crippen LogP contribution in [0, 0.1) is 0 Å². The minimum Gasteiger partial charge on any atom is -0.481 e. The molecular weight excluding hydrogens is 763 g/mol. The van der Waals surface area contributed by atoms with Gasteiger partial charge in [0.15, 0.2) is 6.10 Å². The highest BCUT2D eigenvalue weighted by molar-refractivity contribution is 5.82. The Morgan fingerprint density at radius 1 is 0.483 bits per heavy atom. The summed E-state index contributed by atoms with van der Waals surface area (Å²) < 4.78 is 21.7. The molecule has 1 amide bonds. The molecule has 0 fully saturated rings. The Bertz CT molecular complexity index is 1070. The molecule has 0 aromatic carbocycles. The Morgan fingerprint density at radius 2 is 0.833 bits per heavy atom. The summed E-state index contributed by atoms with van der Waals surface area (Å²) in [5.74, 6) is -2.94. The summed E-state index contributed by atoms with van der Waals surface area (Å²) in [7, 11) is 0. The van der Waals surface area contributed by atoms with Crippen LogP contribution in [0.15, 0.2) is 0 Å². The highest BCUT2D eigenvalue weighted by atomic mass is 16.6. The van der Waals surface area contributed by atoms with Crippen molar-refractivity contribution in [2.75, 3.05) is 13.2 Å². The Morgan fingerprint density at radius 3 is 1.20 bits per heavy atom. The predicted octanol–water partition coefficient (Wildman–Crippen LogP) is 13.3. The van der Waals surface area contributed by atoms with Crippen LogP contribution in [0.4, 0.5) is 4.79 Å². The standard InChI is InChI=1S/C49H91NO10/c1-6-8-10-12-14-16-18-20-22-24-26-28-30-32-34-36-45(53)57-40-42(41-58-47(55)43(38-39-44(51)52)50-48(56)60-49(3,4)5)59-46(54)37-35-33-31-29-27-25-23-21-19-17-15-13-11-9-7-2/h42-43H,6-41H2,1-5H3,(H,50,56)(H,51,52). The molecule has 0 heterocycles. The molecule has 2 N–H and O–H groups in total. The van der Waals surface area contributed by atoms with E-state index in [-0.39, 0.29) is 25.9 Å². The molecule has 2 unspecified atom stereocenters. The van der Waals surface area contributed by atoms with Gasteiger partial charge in [0.25, 0.3) is 0 Å². The average Bonchev–Trinajstić information content (AvgIpc) is 3.19. The van der Waals surface area contributed by atoms with Crippen molar-refractivity contribution < 1.29 is 48.0 Å². The van der Waals surface area contributed by atoms with Gasteiger partial charge >= 0.3 is 30.0 Å². The van der Waals surface area contributed by atoms with Crippen LogP contribution < -0.4 is 5.32 Å². The molecule has 0 bridgehead atoms. The van der Waals surface area contributed by atoms with Crippen LogP contribution in [0.5, 0.6) is 0 Å². The predicted molar refractivity (Wildman–Crippen MR) is 241 cm³/mol. The number of alkyl carbamates (subject to hydrolysis) is 1. The van der Waals surface area contributed by atoms with Gasteiger partial charge in [-0.05, 0) is 40.0 Å². The van der Waals surface area contributed by atoms with Crippen LogP contribution >= 0.6 is 0 Å². The number of amides is 1. The molecule has 0 aliphatic heterocycles. The van der Waals surface area contributed by atoms with Gasteiger partial charge in [0.2, 0.25) is 0 Å². The van der Waals surface area contributed by atoms with Gasteiger partial charge in [-0.15, -0.1) is 0 Å². The van der Waals surface area contributed by atoms with Gasteiger partial charge in [-0.3, -0.25) is 14.4 Å². The van der Waals surface area contributed by atoms with Crippen molar-refractivity contribution in [1.82, 2.24) is 5.32 Å². The number of carbonyl (C=O) groups excluding carboxylic acids is 4. The van der Waals surface area contributed by atoms with E-state index in [4.69, 9.17) is 18.9 Å². The molecule has 0 spiro atoms. The molecule has 0 saturated heterocycles.